The van der Waals surface area contributed by atoms with Gasteiger partial charge in [0.05, 0.1) is 12.3 Å². The summed E-state index contributed by atoms with van der Waals surface area (Å²) in [6.07, 6.45) is -4.75. The summed E-state index contributed by atoms with van der Waals surface area (Å²) in [5, 5.41) is 9.26. The lowest BCUT2D eigenvalue weighted by Crippen LogP contribution is -2.22. The number of rotatable bonds is 5. The number of hydrogen-bond acceptors (Lipinski definition) is 5. The second kappa shape index (κ2) is 7.92. The molecule has 0 bridgehead atoms. The molecule has 10 heteroatoms. The molecule has 0 aliphatic heterocycles. The minimum Gasteiger partial charge on any atom is -0.406 e. The maximum atomic E-state index is 12.3. The zero-order valence-electron chi connectivity index (χ0n) is 14.4. The number of ether oxygens (including phenoxy) is 1. The Kier molecular flexibility index (Phi) is 6.09. The normalized spacial score (nSPS) is 12.3. The van der Waals surface area contributed by atoms with Crippen LogP contribution in [0.15, 0.2) is 29.3 Å². The van der Waals surface area contributed by atoms with Crippen LogP contribution in [-0.4, -0.2) is 47.5 Å². The minimum atomic E-state index is -4.75. The molecule has 0 aliphatic carbocycles. The van der Waals surface area contributed by atoms with Gasteiger partial charge in [0.15, 0.2) is 4.80 Å². The van der Waals surface area contributed by atoms with Crippen LogP contribution in [0, 0.1) is 6.92 Å². The van der Waals surface area contributed by atoms with E-state index in [1.807, 2.05) is 0 Å². The first-order chi connectivity index (χ1) is 12.1. The summed E-state index contributed by atoms with van der Waals surface area (Å²) < 4.78 is 42.1. The van der Waals surface area contributed by atoms with Gasteiger partial charge >= 0.3 is 6.36 Å². The third-order valence-corrected chi connectivity index (χ3v) is 4.55. The second-order valence-electron chi connectivity index (χ2n) is 5.53. The maximum absolute atomic E-state index is 12.3. The molecule has 26 heavy (non-hydrogen) atoms. The van der Waals surface area contributed by atoms with Crippen molar-refractivity contribution in [1.29, 1.82) is 0 Å². The highest BCUT2D eigenvalue weighted by atomic mass is 32.1. The van der Waals surface area contributed by atoms with E-state index in [0.29, 0.717) is 21.1 Å². The van der Waals surface area contributed by atoms with Crippen LogP contribution in [0.25, 0.3) is 0 Å². The number of aliphatic hydroxyl groups is 1. The van der Waals surface area contributed by atoms with E-state index in [4.69, 9.17) is 0 Å². The summed E-state index contributed by atoms with van der Waals surface area (Å²) in [5.74, 6) is -0.528. The van der Waals surface area contributed by atoms with Crippen LogP contribution in [0.5, 0.6) is 5.75 Å². The molecule has 6 nitrogen and oxygen atoms in total. The highest BCUT2D eigenvalue weighted by molar-refractivity contribution is 7.11. The number of hydrogen-bond donors (Lipinski definition) is 1. The van der Waals surface area contributed by atoms with Gasteiger partial charge in [0.25, 0.3) is 5.91 Å². The van der Waals surface area contributed by atoms with E-state index in [-0.39, 0.29) is 24.8 Å². The quantitative estimate of drug-likeness (QED) is 0.855. The standard InChI is InChI=1S/C16H18F3N3O3S/c1-10-13(14(24)21(2)3)26-15(22(10)8-9-23)20-11-4-6-12(7-5-11)25-16(17,18)19/h4-7,23H,8-9H2,1-3H3. The lowest BCUT2D eigenvalue weighted by Gasteiger charge is -2.09. The molecule has 1 aromatic heterocycles. The number of carbonyl (C=O) groups is 1. The zero-order chi connectivity index (χ0) is 19.5. The molecule has 2 aromatic rings. The Labute approximate surface area is 151 Å². The summed E-state index contributed by atoms with van der Waals surface area (Å²) in [4.78, 5) is 19.0. The summed E-state index contributed by atoms with van der Waals surface area (Å²) >= 11 is 1.15. The number of nitrogens with zero attached hydrogens (tertiary/aromatic N) is 3. The van der Waals surface area contributed by atoms with Gasteiger partial charge in [-0.25, -0.2) is 4.99 Å². The molecule has 0 unspecified atom stereocenters. The molecule has 1 aromatic carbocycles. The van der Waals surface area contributed by atoms with Crippen molar-refractivity contribution in [2.75, 3.05) is 20.7 Å². The maximum Gasteiger partial charge on any atom is 0.573 e. The zero-order valence-corrected chi connectivity index (χ0v) is 15.2. The summed E-state index contributed by atoms with van der Waals surface area (Å²) in [6, 6.07) is 5.09. The number of thiazole rings is 1. The van der Waals surface area contributed by atoms with Crippen LogP contribution in [0.2, 0.25) is 0 Å². The third kappa shape index (κ3) is 4.85. The molecule has 1 heterocycles. The SMILES string of the molecule is Cc1c(C(=O)N(C)C)sc(=Nc2ccc(OC(F)(F)F)cc2)n1CCO. The number of halogens is 3. The lowest BCUT2D eigenvalue weighted by atomic mass is 10.3. The number of carbonyl (C=O) groups excluding carboxylic acids is 1. The molecule has 0 aliphatic rings. The Bertz CT molecular complexity index is 839. The van der Waals surface area contributed by atoms with Crippen LogP contribution in [0.1, 0.15) is 15.4 Å². The number of benzene rings is 1. The van der Waals surface area contributed by atoms with E-state index in [9.17, 15) is 23.1 Å². The van der Waals surface area contributed by atoms with Crippen molar-refractivity contribution in [3.63, 3.8) is 0 Å². The molecule has 0 saturated carbocycles. The van der Waals surface area contributed by atoms with Gasteiger partial charge in [-0.05, 0) is 31.2 Å². The minimum absolute atomic E-state index is 0.140. The van der Waals surface area contributed by atoms with Crippen LogP contribution in [0.3, 0.4) is 0 Å². The molecule has 1 N–H and O–H groups in total. The van der Waals surface area contributed by atoms with E-state index in [0.717, 1.165) is 23.5 Å². The van der Waals surface area contributed by atoms with Gasteiger partial charge in [-0.1, -0.05) is 11.3 Å². The van der Waals surface area contributed by atoms with Crippen LogP contribution in [0.4, 0.5) is 18.9 Å². The molecule has 2 rings (SSSR count). The molecule has 0 spiro atoms. The summed E-state index contributed by atoms with van der Waals surface area (Å²) in [7, 11) is 3.27. The van der Waals surface area contributed by atoms with Crippen LogP contribution >= 0.6 is 11.3 Å². The van der Waals surface area contributed by atoms with Crippen LogP contribution in [-0.2, 0) is 6.54 Å². The molecule has 0 radical (unpaired) electrons. The lowest BCUT2D eigenvalue weighted by molar-refractivity contribution is -0.274. The van der Waals surface area contributed by atoms with Crippen molar-refractivity contribution in [3.8, 4) is 5.75 Å². The first kappa shape index (κ1) is 20.0. The van der Waals surface area contributed by atoms with Crippen LogP contribution < -0.4 is 9.54 Å². The number of alkyl halides is 3. The number of aliphatic hydroxyl groups excluding tert-OH is 1. The molecular formula is C16H18F3N3O3S. The fraction of sp³-hybridized carbons (Fsp3) is 0.375. The number of aromatic nitrogens is 1. The Morgan fingerprint density at radius 1 is 1.31 bits per heavy atom. The second-order valence-corrected chi connectivity index (χ2v) is 6.51. The topological polar surface area (TPSA) is 67.1 Å². The molecule has 0 fully saturated rings. The van der Waals surface area contributed by atoms with E-state index < -0.39 is 6.36 Å². The van der Waals surface area contributed by atoms with Crippen molar-refractivity contribution in [2.45, 2.75) is 19.8 Å². The Morgan fingerprint density at radius 2 is 1.92 bits per heavy atom. The number of amides is 1. The highest BCUT2D eigenvalue weighted by Crippen LogP contribution is 2.25. The van der Waals surface area contributed by atoms with E-state index in [1.54, 1.807) is 25.6 Å². The Morgan fingerprint density at radius 3 is 2.42 bits per heavy atom. The van der Waals surface area contributed by atoms with Crippen molar-refractivity contribution in [2.24, 2.45) is 4.99 Å². The smallest absolute Gasteiger partial charge is 0.406 e. The third-order valence-electron chi connectivity index (χ3n) is 3.38. The van der Waals surface area contributed by atoms with E-state index in [1.165, 1.54) is 17.0 Å². The average molecular weight is 389 g/mol. The van der Waals surface area contributed by atoms with Gasteiger partial charge in [0.1, 0.15) is 10.6 Å². The largest absolute Gasteiger partial charge is 0.573 e. The Balaban J connectivity index is 2.43. The first-order valence-electron chi connectivity index (χ1n) is 7.55. The monoisotopic (exact) mass is 389 g/mol. The highest BCUT2D eigenvalue weighted by Gasteiger charge is 2.30. The molecular weight excluding hydrogens is 371 g/mol. The predicted molar refractivity (Wildman–Crippen MR) is 90.5 cm³/mol. The van der Waals surface area contributed by atoms with Crippen molar-refractivity contribution < 1.29 is 27.8 Å². The van der Waals surface area contributed by atoms with Gasteiger partial charge < -0.3 is 19.3 Å². The summed E-state index contributed by atoms with van der Waals surface area (Å²) in [6.45, 7) is 1.86. The van der Waals surface area contributed by atoms with Crippen molar-refractivity contribution >= 4 is 22.9 Å². The van der Waals surface area contributed by atoms with Crippen molar-refractivity contribution in [1.82, 2.24) is 9.47 Å². The van der Waals surface area contributed by atoms with E-state index >= 15 is 0 Å². The Hall–Kier alpha value is -2.33. The molecule has 0 atom stereocenters. The predicted octanol–water partition coefficient (Wildman–Crippen LogP) is 2.68. The van der Waals surface area contributed by atoms with Gasteiger partial charge in [-0.15, -0.1) is 13.2 Å². The van der Waals surface area contributed by atoms with Gasteiger partial charge in [0.2, 0.25) is 0 Å². The van der Waals surface area contributed by atoms with Gasteiger partial charge in [-0.2, -0.15) is 0 Å². The van der Waals surface area contributed by atoms with E-state index in [2.05, 4.69) is 9.73 Å². The fourth-order valence-electron chi connectivity index (χ4n) is 2.17. The fourth-order valence-corrected chi connectivity index (χ4v) is 3.37. The molecule has 0 saturated heterocycles. The first-order valence-corrected chi connectivity index (χ1v) is 8.37. The van der Waals surface area contributed by atoms with Gasteiger partial charge in [-0.3, -0.25) is 4.79 Å². The molecule has 142 valence electrons. The summed E-state index contributed by atoms with van der Waals surface area (Å²) in [5.41, 5.74) is 1.06. The van der Waals surface area contributed by atoms with Gasteiger partial charge in [0, 0.05) is 26.3 Å². The van der Waals surface area contributed by atoms with Crippen molar-refractivity contribution in [3.05, 3.63) is 39.6 Å². The average Bonchev–Trinajstić information content (AvgIpc) is 2.84. The molecule has 1 amide bonds.